The van der Waals surface area contributed by atoms with Crippen LogP contribution in [0, 0.1) is 18.8 Å². The van der Waals surface area contributed by atoms with E-state index in [0.717, 1.165) is 35.8 Å². The van der Waals surface area contributed by atoms with Gasteiger partial charge in [0.15, 0.2) is 0 Å². The van der Waals surface area contributed by atoms with E-state index in [1.165, 1.54) is 6.42 Å². The molecule has 1 aromatic carbocycles. The summed E-state index contributed by atoms with van der Waals surface area (Å²) in [5.41, 5.74) is 1.05. The third-order valence-corrected chi connectivity index (χ3v) is 4.23. The van der Waals surface area contributed by atoms with E-state index >= 15 is 0 Å². The number of rotatable bonds is 5. The topological polar surface area (TPSA) is 21.3 Å². The number of benzene rings is 1. The van der Waals surface area contributed by atoms with Crippen LogP contribution in [-0.2, 0) is 0 Å². The van der Waals surface area contributed by atoms with Crippen molar-refractivity contribution in [1.29, 1.82) is 0 Å². The summed E-state index contributed by atoms with van der Waals surface area (Å²) in [6.07, 6.45) is 2.59. The number of halogens is 1. The molecule has 0 amide bonds. The van der Waals surface area contributed by atoms with Gasteiger partial charge in [-0.3, -0.25) is 0 Å². The van der Waals surface area contributed by atoms with E-state index in [2.05, 4.69) is 19.2 Å². The third kappa shape index (κ3) is 3.87. The highest BCUT2D eigenvalue weighted by Crippen LogP contribution is 2.30. The van der Waals surface area contributed by atoms with Gasteiger partial charge in [-0.25, -0.2) is 0 Å². The van der Waals surface area contributed by atoms with Crippen LogP contribution >= 0.6 is 11.6 Å². The molecule has 19 heavy (non-hydrogen) atoms. The molecule has 1 unspecified atom stereocenters. The highest BCUT2D eigenvalue weighted by Gasteiger charge is 2.27. The van der Waals surface area contributed by atoms with Gasteiger partial charge in [-0.1, -0.05) is 31.5 Å². The second kappa shape index (κ2) is 6.62. The first kappa shape index (κ1) is 14.7. The van der Waals surface area contributed by atoms with Gasteiger partial charge >= 0.3 is 0 Å². The second-order valence-electron chi connectivity index (χ2n) is 5.90. The van der Waals surface area contributed by atoms with Gasteiger partial charge < -0.3 is 10.1 Å². The lowest BCUT2D eigenvalue weighted by atomic mass is 9.93. The average Bonchev–Trinajstić information content (AvgIpc) is 2.87. The minimum Gasteiger partial charge on any atom is -0.490 e. The Kier molecular flexibility index (Phi) is 5.12. The Morgan fingerprint density at radius 3 is 2.84 bits per heavy atom. The zero-order valence-corrected chi connectivity index (χ0v) is 12.8. The summed E-state index contributed by atoms with van der Waals surface area (Å²) in [7, 11) is 0. The van der Waals surface area contributed by atoms with Crippen molar-refractivity contribution in [3.63, 3.8) is 0 Å². The maximum absolute atomic E-state index is 6.30. The predicted molar refractivity (Wildman–Crippen MR) is 81.0 cm³/mol. The van der Waals surface area contributed by atoms with Gasteiger partial charge in [0.2, 0.25) is 0 Å². The Morgan fingerprint density at radius 2 is 2.21 bits per heavy atom. The van der Waals surface area contributed by atoms with Crippen LogP contribution in [0.15, 0.2) is 18.2 Å². The molecule has 0 spiro atoms. The van der Waals surface area contributed by atoms with Crippen molar-refractivity contribution >= 4 is 11.6 Å². The van der Waals surface area contributed by atoms with Crippen LogP contribution in [-0.4, -0.2) is 19.2 Å². The quantitative estimate of drug-likeness (QED) is 0.879. The highest BCUT2D eigenvalue weighted by atomic mass is 35.5. The van der Waals surface area contributed by atoms with Crippen LogP contribution < -0.4 is 10.1 Å². The van der Waals surface area contributed by atoms with Crippen molar-refractivity contribution in [2.45, 2.75) is 39.7 Å². The van der Waals surface area contributed by atoms with Crippen molar-refractivity contribution in [2.24, 2.45) is 11.8 Å². The molecule has 1 heterocycles. The van der Waals surface area contributed by atoms with Gasteiger partial charge in [0.05, 0.1) is 0 Å². The van der Waals surface area contributed by atoms with Gasteiger partial charge in [0.1, 0.15) is 11.9 Å². The van der Waals surface area contributed by atoms with Crippen LogP contribution in [0.25, 0.3) is 0 Å². The standard InChI is InChI=1S/C16H24ClNO/c1-11(2)9-16(13-7-8-18-10-13)19-15-6-4-5-14(17)12(15)3/h4-6,11,13,16,18H,7-10H2,1-3H3/t13?,16-/m1/s1. The first-order chi connectivity index (χ1) is 9.08. The van der Waals surface area contributed by atoms with Gasteiger partial charge in [-0.15, -0.1) is 0 Å². The molecule has 1 N–H and O–H groups in total. The number of ether oxygens (including phenoxy) is 1. The van der Waals surface area contributed by atoms with Crippen LogP contribution in [0.2, 0.25) is 5.02 Å². The van der Waals surface area contributed by atoms with Gasteiger partial charge in [0.25, 0.3) is 0 Å². The van der Waals surface area contributed by atoms with Crippen LogP contribution in [0.3, 0.4) is 0 Å². The molecule has 2 nitrogen and oxygen atoms in total. The SMILES string of the molecule is Cc1c(Cl)cccc1O[C@H](CC(C)C)C1CCNC1. The molecule has 0 bridgehead atoms. The Morgan fingerprint density at radius 1 is 1.42 bits per heavy atom. The lowest BCUT2D eigenvalue weighted by Crippen LogP contribution is -2.30. The molecule has 106 valence electrons. The van der Waals surface area contributed by atoms with E-state index in [1.807, 2.05) is 25.1 Å². The van der Waals surface area contributed by atoms with Gasteiger partial charge in [-0.05, 0) is 44.4 Å². The zero-order valence-electron chi connectivity index (χ0n) is 12.1. The summed E-state index contributed by atoms with van der Waals surface area (Å²) in [5, 5.41) is 4.21. The normalized spacial score (nSPS) is 20.8. The Balaban J connectivity index is 2.12. The molecule has 0 aromatic heterocycles. The molecule has 1 aromatic rings. The van der Waals surface area contributed by atoms with Crippen molar-refractivity contribution in [3.05, 3.63) is 28.8 Å². The molecular weight excluding hydrogens is 258 g/mol. The monoisotopic (exact) mass is 281 g/mol. The summed E-state index contributed by atoms with van der Waals surface area (Å²) in [4.78, 5) is 0. The summed E-state index contributed by atoms with van der Waals surface area (Å²) < 4.78 is 6.30. The molecule has 3 heteroatoms. The Bertz CT molecular complexity index is 413. The lowest BCUT2D eigenvalue weighted by Gasteiger charge is -2.27. The molecule has 2 rings (SSSR count). The fourth-order valence-corrected chi connectivity index (χ4v) is 2.84. The Hall–Kier alpha value is -0.730. The summed E-state index contributed by atoms with van der Waals surface area (Å²) in [6, 6.07) is 5.90. The van der Waals surface area contributed by atoms with E-state index in [1.54, 1.807) is 0 Å². The number of nitrogens with one attached hydrogen (secondary N) is 1. The van der Waals surface area contributed by atoms with Gasteiger partial charge in [0, 0.05) is 23.0 Å². The fourth-order valence-electron chi connectivity index (χ4n) is 2.67. The molecule has 0 aliphatic carbocycles. The van der Waals surface area contributed by atoms with Crippen molar-refractivity contribution in [3.8, 4) is 5.75 Å². The summed E-state index contributed by atoms with van der Waals surface area (Å²) in [5.74, 6) is 2.19. The molecule has 2 atom stereocenters. The molecule has 0 radical (unpaired) electrons. The van der Waals surface area contributed by atoms with Crippen molar-refractivity contribution in [2.75, 3.05) is 13.1 Å². The highest BCUT2D eigenvalue weighted by molar-refractivity contribution is 6.31. The van der Waals surface area contributed by atoms with Crippen LogP contribution in [0.4, 0.5) is 0 Å². The van der Waals surface area contributed by atoms with E-state index in [0.29, 0.717) is 11.8 Å². The maximum Gasteiger partial charge on any atom is 0.124 e. The molecule has 1 aliphatic rings. The summed E-state index contributed by atoms with van der Waals surface area (Å²) >= 11 is 6.17. The zero-order chi connectivity index (χ0) is 13.8. The first-order valence-electron chi connectivity index (χ1n) is 7.20. The van der Waals surface area contributed by atoms with Crippen LogP contribution in [0.1, 0.15) is 32.3 Å². The number of hydrogen-bond acceptors (Lipinski definition) is 2. The second-order valence-corrected chi connectivity index (χ2v) is 6.31. The van der Waals surface area contributed by atoms with Crippen LogP contribution in [0.5, 0.6) is 5.75 Å². The molecular formula is C16H24ClNO. The van der Waals surface area contributed by atoms with E-state index in [4.69, 9.17) is 16.3 Å². The Labute approximate surface area is 121 Å². The van der Waals surface area contributed by atoms with Crippen molar-refractivity contribution in [1.82, 2.24) is 5.32 Å². The first-order valence-corrected chi connectivity index (χ1v) is 7.58. The smallest absolute Gasteiger partial charge is 0.124 e. The predicted octanol–water partition coefficient (Wildman–Crippen LogP) is 4.05. The lowest BCUT2D eigenvalue weighted by molar-refractivity contribution is 0.119. The van der Waals surface area contributed by atoms with Crippen molar-refractivity contribution < 1.29 is 4.74 Å². The molecule has 1 saturated heterocycles. The minimum atomic E-state index is 0.284. The van der Waals surface area contributed by atoms with Gasteiger partial charge in [-0.2, -0.15) is 0 Å². The van der Waals surface area contributed by atoms with E-state index < -0.39 is 0 Å². The third-order valence-electron chi connectivity index (χ3n) is 3.82. The van der Waals surface area contributed by atoms with E-state index in [9.17, 15) is 0 Å². The van der Waals surface area contributed by atoms with E-state index in [-0.39, 0.29) is 6.10 Å². The molecule has 0 saturated carbocycles. The maximum atomic E-state index is 6.30. The molecule has 1 fully saturated rings. The largest absolute Gasteiger partial charge is 0.490 e. The minimum absolute atomic E-state index is 0.284. The average molecular weight is 282 g/mol. The fraction of sp³-hybridized carbons (Fsp3) is 0.625. The number of hydrogen-bond donors (Lipinski definition) is 1. The molecule has 1 aliphatic heterocycles. The summed E-state index contributed by atoms with van der Waals surface area (Å²) in [6.45, 7) is 8.71.